The second-order valence-electron chi connectivity index (χ2n) is 6.07. The smallest absolute Gasteiger partial charge is 0.291 e. The first-order chi connectivity index (χ1) is 11.7. The highest BCUT2D eigenvalue weighted by Gasteiger charge is 2.26. The van der Waals surface area contributed by atoms with Crippen LogP contribution in [0.15, 0.2) is 47.1 Å². The normalized spacial score (nSPS) is 17.5. The molecule has 1 N–H and O–H groups in total. The molecule has 5 heteroatoms. The summed E-state index contributed by atoms with van der Waals surface area (Å²) < 4.78 is 5.06. The van der Waals surface area contributed by atoms with Gasteiger partial charge in [0.1, 0.15) is 0 Å². The Kier molecular flexibility index (Phi) is 4.99. The number of benzene rings is 1. The monoisotopic (exact) mass is 326 g/mol. The highest BCUT2D eigenvalue weighted by Crippen LogP contribution is 2.22. The molecule has 1 fully saturated rings. The van der Waals surface area contributed by atoms with Gasteiger partial charge in [0.05, 0.1) is 6.26 Å². The molecule has 0 radical (unpaired) electrons. The van der Waals surface area contributed by atoms with Crippen LogP contribution in [0, 0.1) is 0 Å². The Morgan fingerprint density at radius 1 is 1.21 bits per heavy atom. The molecule has 2 amide bonds. The maximum atomic E-state index is 12.7. The van der Waals surface area contributed by atoms with Crippen LogP contribution in [0.2, 0.25) is 0 Å². The van der Waals surface area contributed by atoms with E-state index in [4.69, 9.17) is 4.42 Å². The highest BCUT2D eigenvalue weighted by molar-refractivity contribution is 6.02. The SMILES string of the molecule is CC[C@H]1CCCCN1C(=O)c1ccc(NC(=O)c2ccco2)cc1. The van der Waals surface area contributed by atoms with Gasteiger partial charge in [0.2, 0.25) is 0 Å². The van der Waals surface area contributed by atoms with E-state index >= 15 is 0 Å². The molecule has 0 unspecified atom stereocenters. The van der Waals surface area contributed by atoms with Gasteiger partial charge in [-0.2, -0.15) is 0 Å². The molecule has 3 rings (SSSR count). The molecule has 1 aliphatic heterocycles. The van der Waals surface area contributed by atoms with Crippen molar-refractivity contribution in [2.45, 2.75) is 38.6 Å². The average Bonchev–Trinajstić information content (AvgIpc) is 3.16. The molecule has 1 aromatic carbocycles. The van der Waals surface area contributed by atoms with Gasteiger partial charge in [0.15, 0.2) is 5.76 Å². The summed E-state index contributed by atoms with van der Waals surface area (Å²) in [5, 5.41) is 2.75. The molecular weight excluding hydrogens is 304 g/mol. The summed E-state index contributed by atoms with van der Waals surface area (Å²) in [6.07, 6.45) is 5.79. The zero-order valence-electron chi connectivity index (χ0n) is 13.8. The van der Waals surface area contributed by atoms with Crippen molar-refractivity contribution in [1.29, 1.82) is 0 Å². The van der Waals surface area contributed by atoms with Gasteiger partial charge in [-0.15, -0.1) is 0 Å². The number of hydrogen-bond donors (Lipinski definition) is 1. The fourth-order valence-electron chi connectivity index (χ4n) is 3.15. The first kappa shape index (κ1) is 16.3. The van der Waals surface area contributed by atoms with Gasteiger partial charge < -0.3 is 14.6 Å². The second-order valence-corrected chi connectivity index (χ2v) is 6.07. The van der Waals surface area contributed by atoms with Crippen LogP contribution in [0.3, 0.4) is 0 Å². The average molecular weight is 326 g/mol. The van der Waals surface area contributed by atoms with E-state index < -0.39 is 0 Å². The predicted octanol–water partition coefficient (Wildman–Crippen LogP) is 3.94. The Balaban J connectivity index is 1.67. The number of hydrogen-bond acceptors (Lipinski definition) is 3. The lowest BCUT2D eigenvalue weighted by molar-refractivity contribution is 0.0608. The number of piperidine rings is 1. The van der Waals surface area contributed by atoms with E-state index in [2.05, 4.69) is 12.2 Å². The van der Waals surface area contributed by atoms with Crippen LogP contribution in [0.4, 0.5) is 5.69 Å². The van der Waals surface area contributed by atoms with Crippen molar-refractivity contribution in [2.75, 3.05) is 11.9 Å². The Labute approximate surface area is 141 Å². The fraction of sp³-hybridized carbons (Fsp3) is 0.368. The van der Waals surface area contributed by atoms with Crippen LogP contribution in [0.1, 0.15) is 53.5 Å². The second kappa shape index (κ2) is 7.34. The van der Waals surface area contributed by atoms with Gasteiger partial charge in [-0.05, 0) is 62.1 Å². The van der Waals surface area contributed by atoms with E-state index in [-0.39, 0.29) is 17.6 Å². The summed E-state index contributed by atoms with van der Waals surface area (Å²) in [7, 11) is 0. The lowest BCUT2D eigenvalue weighted by atomic mass is 9.99. The van der Waals surface area contributed by atoms with Gasteiger partial charge in [-0.1, -0.05) is 6.92 Å². The van der Waals surface area contributed by atoms with Crippen molar-refractivity contribution >= 4 is 17.5 Å². The minimum Gasteiger partial charge on any atom is -0.459 e. The maximum Gasteiger partial charge on any atom is 0.291 e. The number of nitrogens with zero attached hydrogens (tertiary/aromatic N) is 1. The number of carbonyl (C=O) groups is 2. The topological polar surface area (TPSA) is 62.6 Å². The molecule has 0 spiro atoms. The Bertz CT molecular complexity index is 692. The summed E-state index contributed by atoms with van der Waals surface area (Å²) >= 11 is 0. The molecule has 1 atom stereocenters. The molecule has 24 heavy (non-hydrogen) atoms. The highest BCUT2D eigenvalue weighted by atomic mass is 16.3. The Morgan fingerprint density at radius 2 is 2.00 bits per heavy atom. The molecule has 2 aromatic rings. The molecule has 126 valence electrons. The predicted molar refractivity (Wildman–Crippen MR) is 92.1 cm³/mol. The minimum atomic E-state index is -0.304. The van der Waals surface area contributed by atoms with Gasteiger partial charge in [0, 0.05) is 23.8 Å². The molecule has 1 aromatic heterocycles. The summed E-state index contributed by atoms with van der Waals surface area (Å²) in [6, 6.07) is 10.6. The van der Waals surface area contributed by atoms with E-state index in [0.29, 0.717) is 17.3 Å². The maximum absolute atomic E-state index is 12.7. The summed E-state index contributed by atoms with van der Waals surface area (Å²) in [4.78, 5) is 26.6. The number of nitrogens with one attached hydrogen (secondary N) is 1. The summed E-state index contributed by atoms with van der Waals surface area (Å²) in [5.41, 5.74) is 1.30. The Morgan fingerprint density at radius 3 is 2.67 bits per heavy atom. The number of furan rings is 1. The molecule has 0 aliphatic carbocycles. The molecule has 5 nitrogen and oxygen atoms in total. The van der Waals surface area contributed by atoms with Gasteiger partial charge >= 0.3 is 0 Å². The fourth-order valence-corrected chi connectivity index (χ4v) is 3.15. The van der Waals surface area contributed by atoms with Crippen LogP contribution in [0.5, 0.6) is 0 Å². The number of rotatable bonds is 4. The molecule has 2 heterocycles. The zero-order valence-corrected chi connectivity index (χ0v) is 13.8. The molecule has 0 bridgehead atoms. The minimum absolute atomic E-state index is 0.0745. The van der Waals surface area contributed by atoms with E-state index in [0.717, 1.165) is 25.8 Å². The third-order valence-electron chi connectivity index (χ3n) is 4.49. The van der Waals surface area contributed by atoms with Crippen molar-refractivity contribution in [3.8, 4) is 0 Å². The third kappa shape index (κ3) is 3.50. The number of amides is 2. The van der Waals surface area contributed by atoms with Gasteiger partial charge in [-0.3, -0.25) is 9.59 Å². The van der Waals surface area contributed by atoms with Gasteiger partial charge in [-0.25, -0.2) is 0 Å². The number of anilines is 1. The molecule has 0 saturated carbocycles. The number of carbonyl (C=O) groups excluding carboxylic acids is 2. The van der Waals surface area contributed by atoms with E-state index in [1.54, 1.807) is 36.4 Å². The van der Waals surface area contributed by atoms with E-state index in [1.807, 2.05) is 4.90 Å². The Hall–Kier alpha value is -2.56. The molecule has 1 aliphatic rings. The van der Waals surface area contributed by atoms with E-state index in [1.165, 1.54) is 12.7 Å². The van der Waals surface area contributed by atoms with Crippen molar-refractivity contribution < 1.29 is 14.0 Å². The van der Waals surface area contributed by atoms with Crippen LogP contribution < -0.4 is 5.32 Å². The van der Waals surface area contributed by atoms with Crippen LogP contribution >= 0.6 is 0 Å². The van der Waals surface area contributed by atoms with Crippen molar-refractivity contribution in [2.24, 2.45) is 0 Å². The first-order valence-corrected chi connectivity index (χ1v) is 8.45. The van der Waals surface area contributed by atoms with Crippen molar-refractivity contribution in [3.63, 3.8) is 0 Å². The van der Waals surface area contributed by atoms with Crippen LogP contribution in [0.25, 0.3) is 0 Å². The third-order valence-corrected chi connectivity index (χ3v) is 4.49. The lowest BCUT2D eigenvalue weighted by Crippen LogP contribution is -2.43. The first-order valence-electron chi connectivity index (χ1n) is 8.45. The van der Waals surface area contributed by atoms with Crippen LogP contribution in [-0.2, 0) is 0 Å². The zero-order chi connectivity index (χ0) is 16.9. The summed E-state index contributed by atoms with van der Waals surface area (Å²) in [5.74, 6) is 0.0286. The van der Waals surface area contributed by atoms with Crippen LogP contribution in [-0.4, -0.2) is 29.3 Å². The van der Waals surface area contributed by atoms with Gasteiger partial charge in [0.25, 0.3) is 11.8 Å². The van der Waals surface area contributed by atoms with Crippen molar-refractivity contribution in [1.82, 2.24) is 4.90 Å². The molecular formula is C19H22N2O3. The lowest BCUT2D eigenvalue weighted by Gasteiger charge is -2.35. The number of likely N-dealkylation sites (tertiary alicyclic amines) is 1. The standard InChI is InChI=1S/C19H22N2O3/c1-2-16-6-3-4-12-21(16)19(23)14-8-10-15(11-9-14)20-18(22)17-7-5-13-24-17/h5,7-11,13,16H,2-4,6,12H2,1H3,(H,20,22)/t16-/m0/s1. The van der Waals surface area contributed by atoms with Crippen molar-refractivity contribution in [3.05, 3.63) is 54.0 Å². The molecule has 1 saturated heterocycles. The summed E-state index contributed by atoms with van der Waals surface area (Å²) in [6.45, 7) is 2.96. The van der Waals surface area contributed by atoms with E-state index in [9.17, 15) is 9.59 Å². The quantitative estimate of drug-likeness (QED) is 0.926. The largest absolute Gasteiger partial charge is 0.459 e.